The maximum Gasteiger partial charge on any atom is 0.234 e. The number of nitrogens with zero attached hydrogens (tertiary/aromatic N) is 2. The molecule has 0 spiro atoms. The molecule has 20 heavy (non-hydrogen) atoms. The van der Waals surface area contributed by atoms with Crippen molar-refractivity contribution in [2.75, 3.05) is 5.32 Å². The van der Waals surface area contributed by atoms with Gasteiger partial charge in [-0.3, -0.25) is 10.1 Å². The van der Waals surface area contributed by atoms with Crippen LogP contribution in [0.4, 0.5) is 5.95 Å². The highest BCUT2D eigenvalue weighted by Gasteiger charge is 2.19. The minimum absolute atomic E-state index is 0.125. The van der Waals surface area contributed by atoms with Gasteiger partial charge >= 0.3 is 0 Å². The van der Waals surface area contributed by atoms with Gasteiger partial charge in [0.15, 0.2) is 0 Å². The Hall–Kier alpha value is -1.94. The minimum atomic E-state index is -0.223. The lowest BCUT2D eigenvalue weighted by Crippen LogP contribution is -2.22. The third-order valence-electron chi connectivity index (χ3n) is 2.98. The van der Waals surface area contributed by atoms with Crippen molar-refractivity contribution >= 4 is 23.5 Å². The number of amides is 1. The summed E-state index contributed by atoms with van der Waals surface area (Å²) in [5, 5.41) is 3.05. The van der Waals surface area contributed by atoms with Crippen molar-refractivity contribution in [2.24, 2.45) is 0 Å². The molecule has 0 aliphatic heterocycles. The summed E-state index contributed by atoms with van der Waals surface area (Å²) in [4.78, 5) is 20.5. The third-order valence-corrected chi connectivity index (χ3v) is 3.18. The van der Waals surface area contributed by atoms with Gasteiger partial charge in [0.2, 0.25) is 11.9 Å². The van der Waals surface area contributed by atoms with Gasteiger partial charge in [-0.2, -0.15) is 0 Å². The first-order valence-corrected chi connectivity index (χ1v) is 6.85. The van der Waals surface area contributed by atoms with Gasteiger partial charge in [-0.15, -0.1) is 0 Å². The largest absolute Gasteiger partial charge is 0.294 e. The van der Waals surface area contributed by atoms with Crippen LogP contribution in [0.25, 0.3) is 0 Å². The SMILES string of the molecule is CCC(C(=O)Nc1nc(C)cc(Cl)n1)c1ccccc1. The normalized spacial score (nSPS) is 11.9. The third kappa shape index (κ3) is 3.54. The van der Waals surface area contributed by atoms with Gasteiger partial charge in [-0.25, -0.2) is 9.97 Å². The van der Waals surface area contributed by atoms with Crippen molar-refractivity contribution in [3.05, 3.63) is 52.8 Å². The summed E-state index contributed by atoms with van der Waals surface area (Å²) in [5.41, 5.74) is 1.69. The van der Waals surface area contributed by atoms with Gasteiger partial charge in [0.1, 0.15) is 5.15 Å². The molecule has 0 radical (unpaired) electrons. The van der Waals surface area contributed by atoms with E-state index in [9.17, 15) is 4.79 Å². The van der Waals surface area contributed by atoms with Gasteiger partial charge in [0, 0.05) is 5.69 Å². The molecule has 0 saturated carbocycles. The van der Waals surface area contributed by atoms with E-state index < -0.39 is 0 Å². The molecule has 1 aromatic heterocycles. The predicted octanol–water partition coefficient (Wildman–Crippen LogP) is 3.57. The Balaban J connectivity index is 2.18. The number of anilines is 1. The molecule has 4 nitrogen and oxygen atoms in total. The average molecular weight is 290 g/mol. The summed E-state index contributed by atoms with van der Waals surface area (Å²) in [7, 11) is 0. The van der Waals surface area contributed by atoms with E-state index in [1.54, 1.807) is 13.0 Å². The van der Waals surface area contributed by atoms with Crippen LogP contribution in [0.5, 0.6) is 0 Å². The summed E-state index contributed by atoms with van der Waals surface area (Å²) in [6, 6.07) is 11.3. The molecule has 5 heteroatoms. The highest BCUT2D eigenvalue weighted by atomic mass is 35.5. The van der Waals surface area contributed by atoms with E-state index in [1.165, 1.54) is 0 Å². The first kappa shape index (κ1) is 14.5. The topological polar surface area (TPSA) is 54.9 Å². The summed E-state index contributed by atoms with van der Waals surface area (Å²) < 4.78 is 0. The van der Waals surface area contributed by atoms with E-state index in [2.05, 4.69) is 15.3 Å². The molecule has 1 unspecified atom stereocenters. The van der Waals surface area contributed by atoms with Crippen LogP contribution in [-0.4, -0.2) is 15.9 Å². The number of hydrogen-bond acceptors (Lipinski definition) is 3. The number of hydrogen-bond donors (Lipinski definition) is 1. The Morgan fingerprint density at radius 1 is 1.30 bits per heavy atom. The molecule has 2 rings (SSSR count). The summed E-state index contributed by atoms with van der Waals surface area (Å²) >= 11 is 5.86. The zero-order valence-corrected chi connectivity index (χ0v) is 12.2. The van der Waals surface area contributed by atoms with E-state index in [0.29, 0.717) is 17.3 Å². The lowest BCUT2D eigenvalue weighted by molar-refractivity contribution is -0.117. The molecule has 1 heterocycles. The molecule has 0 fully saturated rings. The molecule has 104 valence electrons. The van der Waals surface area contributed by atoms with Crippen molar-refractivity contribution in [3.8, 4) is 0 Å². The molecular weight excluding hydrogens is 274 g/mol. The number of halogens is 1. The van der Waals surface area contributed by atoms with Crippen molar-refractivity contribution in [3.63, 3.8) is 0 Å². The molecule has 1 N–H and O–H groups in total. The van der Waals surface area contributed by atoms with Crippen LogP contribution >= 0.6 is 11.6 Å². The van der Waals surface area contributed by atoms with Crippen LogP contribution in [0, 0.1) is 6.92 Å². The number of nitrogens with one attached hydrogen (secondary N) is 1. The minimum Gasteiger partial charge on any atom is -0.294 e. The second-order valence-corrected chi connectivity index (χ2v) is 4.90. The fraction of sp³-hybridized carbons (Fsp3) is 0.267. The van der Waals surface area contributed by atoms with Crippen LogP contribution in [0.3, 0.4) is 0 Å². The van der Waals surface area contributed by atoms with Crippen molar-refractivity contribution in [2.45, 2.75) is 26.2 Å². The van der Waals surface area contributed by atoms with E-state index in [4.69, 9.17) is 11.6 Å². The number of benzene rings is 1. The van der Waals surface area contributed by atoms with E-state index >= 15 is 0 Å². The molecule has 0 aliphatic carbocycles. The van der Waals surface area contributed by atoms with Gasteiger partial charge in [-0.05, 0) is 25.0 Å². The van der Waals surface area contributed by atoms with Gasteiger partial charge in [-0.1, -0.05) is 48.9 Å². The fourth-order valence-electron chi connectivity index (χ4n) is 2.04. The Labute approximate surface area is 123 Å². The Morgan fingerprint density at radius 2 is 2.00 bits per heavy atom. The van der Waals surface area contributed by atoms with Crippen LogP contribution in [0.2, 0.25) is 5.15 Å². The molecule has 0 bridgehead atoms. The Bertz CT molecular complexity index is 581. The highest BCUT2D eigenvalue weighted by molar-refractivity contribution is 6.29. The zero-order chi connectivity index (χ0) is 14.5. The van der Waals surface area contributed by atoms with E-state index in [0.717, 1.165) is 5.56 Å². The van der Waals surface area contributed by atoms with Crippen LogP contribution in [-0.2, 0) is 4.79 Å². The van der Waals surface area contributed by atoms with Crippen LogP contribution in [0.1, 0.15) is 30.5 Å². The summed E-state index contributed by atoms with van der Waals surface area (Å²) in [6.07, 6.45) is 0.704. The second kappa shape index (κ2) is 6.48. The number of aromatic nitrogens is 2. The molecule has 0 aliphatic rings. The molecule has 1 aromatic carbocycles. The smallest absolute Gasteiger partial charge is 0.234 e. The van der Waals surface area contributed by atoms with Gasteiger partial charge in [0.05, 0.1) is 5.92 Å². The molecular formula is C15H16ClN3O. The van der Waals surface area contributed by atoms with Crippen LogP contribution < -0.4 is 5.32 Å². The fourth-order valence-corrected chi connectivity index (χ4v) is 2.28. The molecule has 1 atom stereocenters. The van der Waals surface area contributed by atoms with Crippen molar-refractivity contribution in [1.82, 2.24) is 9.97 Å². The summed E-state index contributed by atoms with van der Waals surface area (Å²) in [6.45, 7) is 3.78. The second-order valence-electron chi connectivity index (χ2n) is 4.52. The summed E-state index contributed by atoms with van der Waals surface area (Å²) in [5.74, 6) is -0.103. The number of aryl methyl sites for hydroxylation is 1. The first-order chi connectivity index (χ1) is 9.60. The first-order valence-electron chi connectivity index (χ1n) is 6.47. The van der Waals surface area contributed by atoms with Crippen molar-refractivity contribution in [1.29, 1.82) is 0 Å². The van der Waals surface area contributed by atoms with Gasteiger partial charge < -0.3 is 0 Å². The quantitative estimate of drug-likeness (QED) is 0.876. The maximum absolute atomic E-state index is 12.3. The Kier molecular flexibility index (Phi) is 4.69. The lowest BCUT2D eigenvalue weighted by Gasteiger charge is -2.14. The number of rotatable bonds is 4. The number of carbonyl (C=O) groups is 1. The van der Waals surface area contributed by atoms with E-state index in [1.807, 2.05) is 37.3 Å². The predicted molar refractivity (Wildman–Crippen MR) is 79.9 cm³/mol. The standard InChI is InChI=1S/C15H16ClN3O/c1-3-12(11-7-5-4-6-8-11)14(20)19-15-17-10(2)9-13(16)18-15/h4-9,12H,3H2,1-2H3,(H,17,18,19,20). The monoisotopic (exact) mass is 289 g/mol. The average Bonchev–Trinajstić information content (AvgIpc) is 2.39. The van der Waals surface area contributed by atoms with E-state index in [-0.39, 0.29) is 17.8 Å². The zero-order valence-electron chi connectivity index (χ0n) is 11.4. The maximum atomic E-state index is 12.3. The van der Waals surface area contributed by atoms with Crippen molar-refractivity contribution < 1.29 is 4.79 Å². The lowest BCUT2D eigenvalue weighted by atomic mass is 9.96. The number of carbonyl (C=O) groups excluding carboxylic acids is 1. The Morgan fingerprint density at radius 3 is 2.60 bits per heavy atom. The van der Waals surface area contributed by atoms with Crippen LogP contribution in [0.15, 0.2) is 36.4 Å². The highest BCUT2D eigenvalue weighted by Crippen LogP contribution is 2.21. The van der Waals surface area contributed by atoms with Gasteiger partial charge in [0.25, 0.3) is 0 Å². The molecule has 2 aromatic rings. The molecule has 0 saturated heterocycles. The molecule has 1 amide bonds.